The number of carbonyl (C=O) groups is 1. The molecule has 116 valence electrons. The molecule has 0 atom stereocenters. The second kappa shape index (κ2) is 10.6. The molecular formula is C14H19Cl2N3OS. The molecule has 1 aromatic heterocycles. The molecule has 0 fully saturated rings. The van der Waals surface area contributed by atoms with Crippen LogP contribution in [0.2, 0.25) is 0 Å². The zero-order valence-corrected chi connectivity index (χ0v) is 13.9. The van der Waals surface area contributed by atoms with Gasteiger partial charge in [-0.2, -0.15) is 0 Å². The second-order valence-corrected chi connectivity index (χ2v) is 5.15. The summed E-state index contributed by atoms with van der Waals surface area (Å²) < 4.78 is 0. The van der Waals surface area contributed by atoms with Crippen LogP contribution >= 0.6 is 36.2 Å². The van der Waals surface area contributed by atoms with E-state index in [1.165, 1.54) is 5.56 Å². The van der Waals surface area contributed by atoms with Crippen molar-refractivity contribution in [2.45, 2.75) is 12.8 Å². The lowest BCUT2D eigenvalue weighted by Crippen LogP contribution is -2.30. The minimum atomic E-state index is -0.0259. The first kappa shape index (κ1) is 19.9. The molecule has 0 aliphatic rings. The van der Waals surface area contributed by atoms with E-state index in [1.54, 1.807) is 11.3 Å². The monoisotopic (exact) mass is 347 g/mol. The zero-order chi connectivity index (χ0) is 13.5. The van der Waals surface area contributed by atoms with Gasteiger partial charge in [0.1, 0.15) is 0 Å². The van der Waals surface area contributed by atoms with Crippen molar-refractivity contribution in [1.29, 1.82) is 0 Å². The lowest BCUT2D eigenvalue weighted by molar-refractivity contribution is -0.120. The number of benzene rings is 1. The Balaban J connectivity index is 0.00000200. The smallest absolute Gasteiger partial charge is 0.226 e. The van der Waals surface area contributed by atoms with Crippen molar-refractivity contribution in [1.82, 2.24) is 10.3 Å². The maximum Gasteiger partial charge on any atom is 0.226 e. The first-order chi connectivity index (χ1) is 9.28. The van der Waals surface area contributed by atoms with Crippen LogP contribution < -0.4 is 11.1 Å². The van der Waals surface area contributed by atoms with Crippen molar-refractivity contribution in [2.24, 2.45) is 5.73 Å². The molecule has 2 aromatic rings. The van der Waals surface area contributed by atoms with E-state index in [0.717, 1.165) is 17.1 Å². The van der Waals surface area contributed by atoms with Crippen molar-refractivity contribution >= 4 is 42.1 Å². The normalized spacial score (nSPS) is 9.38. The minimum absolute atomic E-state index is 0. The minimum Gasteiger partial charge on any atom is -0.354 e. The van der Waals surface area contributed by atoms with Gasteiger partial charge in [0.2, 0.25) is 5.91 Å². The van der Waals surface area contributed by atoms with Gasteiger partial charge in [-0.3, -0.25) is 4.79 Å². The lowest BCUT2D eigenvalue weighted by Gasteiger charge is -2.00. The first-order valence-corrected chi connectivity index (χ1v) is 7.10. The van der Waals surface area contributed by atoms with Crippen LogP contribution in [0.5, 0.6) is 0 Å². The number of rotatable bonds is 6. The summed E-state index contributed by atoms with van der Waals surface area (Å²) in [5, 5.41) is 5.72. The van der Waals surface area contributed by atoms with Gasteiger partial charge >= 0.3 is 0 Å². The predicted octanol–water partition coefficient (Wildman–Crippen LogP) is 2.19. The van der Waals surface area contributed by atoms with Crippen molar-refractivity contribution in [3.63, 3.8) is 0 Å². The molecule has 0 aliphatic heterocycles. The zero-order valence-electron chi connectivity index (χ0n) is 11.5. The lowest BCUT2D eigenvalue weighted by atomic mass is 10.2. The predicted molar refractivity (Wildman–Crippen MR) is 91.6 cm³/mol. The highest BCUT2D eigenvalue weighted by Gasteiger charge is 2.07. The number of halogens is 2. The van der Waals surface area contributed by atoms with Gasteiger partial charge in [0.25, 0.3) is 0 Å². The average molecular weight is 348 g/mol. The molecule has 0 saturated heterocycles. The van der Waals surface area contributed by atoms with Crippen molar-refractivity contribution < 1.29 is 4.79 Å². The molecule has 2 rings (SSSR count). The third kappa shape index (κ3) is 6.91. The molecule has 0 unspecified atom stereocenters. The number of hydrogen-bond acceptors (Lipinski definition) is 4. The molecule has 7 heteroatoms. The maximum atomic E-state index is 11.5. The molecule has 0 bridgehead atoms. The Hall–Kier alpha value is -1.14. The maximum absolute atomic E-state index is 11.5. The van der Waals surface area contributed by atoms with Crippen LogP contribution in [0, 0.1) is 0 Å². The highest BCUT2D eigenvalue weighted by atomic mass is 35.5. The summed E-state index contributed by atoms with van der Waals surface area (Å²) in [6.45, 7) is 0.974. The number of aromatic nitrogens is 1. The summed E-state index contributed by atoms with van der Waals surface area (Å²) in [6, 6.07) is 10.2. The van der Waals surface area contributed by atoms with E-state index in [9.17, 15) is 4.79 Å². The summed E-state index contributed by atoms with van der Waals surface area (Å²) in [4.78, 5) is 16.0. The summed E-state index contributed by atoms with van der Waals surface area (Å²) in [5.74, 6) is -0.0259. The van der Waals surface area contributed by atoms with Crippen LogP contribution in [0.1, 0.15) is 16.3 Å². The van der Waals surface area contributed by atoms with Gasteiger partial charge in [-0.25, -0.2) is 4.98 Å². The van der Waals surface area contributed by atoms with E-state index >= 15 is 0 Å². The number of amides is 1. The Bertz CT molecular complexity index is 534. The second-order valence-electron chi connectivity index (χ2n) is 4.21. The fourth-order valence-electron chi connectivity index (χ4n) is 1.72. The molecule has 1 heterocycles. The Morgan fingerprint density at radius 1 is 1.24 bits per heavy atom. The molecule has 0 spiro atoms. The van der Waals surface area contributed by atoms with Gasteiger partial charge in [0.15, 0.2) is 0 Å². The van der Waals surface area contributed by atoms with Crippen LogP contribution in [0.3, 0.4) is 0 Å². The van der Waals surface area contributed by atoms with Gasteiger partial charge in [-0.15, -0.1) is 36.2 Å². The van der Waals surface area contributed by atoms with Crippen LogP contribution in [-0.2, 0) is 17.6 Å². The van der Waals surface area contributed by atoms with Crippen LogP contribution in [0.15, 0.2) is 35.7 Å². The SMILES string of the molecule is Cl.Cl.NCCNC(=O)Cc1csc(Cc2ccccc2)n1. The quantitative estimate of drug-likeness (QED) is 0.841. The molecule has 0 radical (unpaired) electrons. The molecule has 1 amide bonds. The number of hydrogen-bond donors (Lipinski definition) is 2. The number of nitrogens with two attached hydrogens (primary N) is 1. The molecular weight excluding hydrogens is 329 g/mol. The number of nitrogens with zero attached hydrogens (tertiary/aromatic N) is 1. The average Bonchev–Trinajstić information content (AvgIpc) is 2.85. The van der Waals surface area contributed by atoms with Crippen LogP contribution in [-0.4, -0.2) is 24.0 Å². The van der Waals surface area contributed by atoms with Gasteiger partial charge in [0, 0.05) is 24.9 Å². The van der Waals surface area contributed by atoms with E-state index in [4.69, 9.17) is 5.73 Å². The highest BCUT2D eigenvalue weighted by Crippen LogP contribution is 2.15. The largest absolute Gasteiger partial charge is 0.354 e. The van der Waals surface area contributed by atoms with Gasteiger partial charge < -0.3 is 11.1 Å². The third-order valence-corrected chi connectivity index (χ3v) is 3.50. The van der Waals surface area contributed by atoms with E-state index in [2.05, 4.69) is 22.4 Å². The topological polar surface area (TPSA) is 68.0 Å². The Morgan fingerprint density at radius 2 is 1.95 bits per heavy atom. The Morgan fingerprint density at radius 3 is 2.62 bits per heavy atom. The van der Waals surface area contributed by atoms with E-state index in [-0.39, 0.29) is 30.7 Å². The Labute approximate surface area is 141 Å². The molecule has 3 N–H and O–H groups in total. The van der Waals surface area contributed by atoms with Crippen molar-refractivity contribution in [3.05, 3.63) is 52.0 Å². The van der Waals surface area contributed by atoms with Crippen LogP contribution in [0.4, 0.5) is 0 Å². The Kier molecular flexibility index (Phi) is 9.99. The summed E-state index contributed by atoms with van der Waals surface area (Å²) in [6.07, 6.45) is 1.14. The standard InChI is InChI=1S/C14H17N3OS.2ClH/c15-6-7-16-13(18)9-12-10-19-14(17-12)8-11-4-2-1-3-5-11;;/h1-5,10H,6-9,15H2,(H,16,18);2*1H. The fraction of sp³-hybridized carbons (Fsp3) is 0.286. The molecule has 0 aliphatic carbocycles. The summed E-state index contributed by atoms with van der Waals surface area (Å²) >= 11 is 1.59. The third-order valence-electron chi connectivity index (χ3n) is 2.61. The molecule has 1 aromatic carbocycles. The van der Waals surface area contributed by atoms with Gasteiger partial charge in [0.05, 0.1) is 17.1 Å². The van der Waals surface area contributed by atoms with Crippen LogP contribution in [0.25, 0.3) is 0 Å². The van der Waals surface area contributed by atoms with E-state index in [1.807, 2.05) is 23.6 Å². The molecule has 4 nitrogen and oxygen atoms in total. The van der Waals surface area contributed by atoms with E-state index in [0.29, 0.717) is 19.5 Å². The van der Waals surface area contributed by atoms with E-state index < -0.39 is 0 Å². The fourth-order valence-corrected chi connectivity index (χ4v) is 2.55. The van der Waals surface area contributed by atoms with Crippen molar-refractivity contribution in [3.8, 4) is 0 Å². The first-order valence-electron chi connectivity index (χ1n) is 6.22. The summed E-state index contributed by atoms with van der Waals surface area (Å²) in [5.41, 5.74) is 7.39. The van der Waals surface area contributed by atoms with Gasteiger partial charge in [-0.05, 0) is 5.56 Å². The molecule has 21 heavy (non-hydrogen) atoms. The molecule has 0 saturated carbocycles. The van der Waals surface area contributed by atoms with Gasteiger partial charge in [-0.1, -0.05) is 30.3 Å². The highest BCUT2D eigenvalue weighted by molar-refractivity contribution is 7.09. The van der Waals surface area contributed by atoms with Crippen molar-refractivity contribution in [2.75, 3.05) is 13.1 Å². The summed E-state index contributed by atoms with van der Waals surface area (Å²) in [7, 11) is 0. The number of nitrogens with one attached hydrogen (secondary N) is 1. The number of thiazole rings is 1. The number of carbonyl (C=O) groups excluding carboxylic acids is 1.